The molecule has 0 atom stereocenters. The number of benzene rings is 2. The molecule has 0 N–H and O–H groups in total. The number of rotatable bonds is 6. The third-order valence-electron chi connectivity index (χ3n) is 4.81. The number of thioether (sulfide) groups is 1. The number of halogens is 2. The summed E-state index contributed by atoms with van der Waals surface area (Å²) in [5.74, 6) is 0.0314. The predicted molar refractivity (Wildman–Crippen MR) is 128 cm³/mol. The normalized spacial score (nSPS) is 14.9. The molecule has 2 heterocycles. The first kappa shape index (κ1) is 23.2. The Balaban J connectivity index is 1.54. The highest BCUT2D eigenvalue weighted by atomic mass is 35.5. The van der Waals surface area contributed by atoms with Gasteiger partial charge in [-0.2, -0.15) is 0 Å². The van der Waals surface area contributed by atoms with E-state index in [-0.39, 0.29) is 18.1 Å². The third-order valence-corrected chi connectivity index (χ3v) is 6.43. The van der Waals surface area contributed by atoms with Crippen molar-refractivity contribution in [3.8, 4) is 11.3 Å². The minimum Gasteiger partial charge on any atom is -0.462 e. The molecule has 6 nitrogen and oxygen atoms in total. The number of hydrogen-bond acceptors (Lipinski definition) is 6. The van der Waals surface area contributed by atoms with Crippen molar-refractivity contribution >= 4 is 58.2 Å². The van der Waals surface area contributed by atoms with Gasteiger partial charge in [0.25, 0.3) is 11.1 Å². The van der Waals surface area contributed by atoms with E-state index >= 15 is 0 Å². The molecular weight excluding hydrogens is 485 g/mol. The van der Waals surface area contributed by atoms with Gasteiger partial charge in [0, 0.05) is 27.2 Å². The molecule has 1 aliphatic heterocycles. The molecule has 9 heteroatoms. The summed E-state index contributed by atoms with van der Waals surface area (Å²) in [6.07, 6.45) is 1.51. The van der Waals surface area contributed by atoms with Crippen LogP contribution in [0.1, 0.15) is 28.6 Å². The molecule has 2 aromatic carbocycles. The van der Waals surface area contributed by atoms with Crippen LogP contribution in [0.15, 0.2) is 63.9 Å². The van der Waals surface area contributed by atoms with Gasteiger partial charge >= 0.3 is 5.97 Å². The molecule has 1 fully saturated rings. The smallest absolute Gasteiger partial charge is 0.338 e. The fraction of sp³-hybridized carbons (Fsp3) is 0.125. The van der Waals surface area contributed by atoms with Crippen LogP contribution < -0.4 is 0 Å². The number of furan rings is 1. The van der Waals surface area contributed by atoms with Crippen molar-refractivity contribution in [1.82, 2.24) is 4.90 Å². The second kappa shape index (κ2) is 9.87. The van der Waals surface area contributed by atoms with E-state index in [1.165, 1.54) is 6.08 Å². The largest absolute Gasteiger partial charge is 0.462 e. The topological polar surface area (TPSA) is 76.8 Å². The van der Waals surface area contributed by atoms with Crippen molar-refractivity contribution in [2.24, 2.45) is 0 Å². The van der Waals surface area contributed by atoms with E-state index in [1.54, 1.807) is 61.5 Å². The highest BCUT2D eigenvalue weighted by Crippen LogP contribution is 2.36. The molecular formula is C24H17Cl2NO5S. The minimum atomic E-state index is -0.455. The maximum absolute atomic E-state index is 12.8. The number of amides is 2. The Kier molecular flexibility index (Phi) is 6.93. The number of esters is 1. The summed E-state index contributed by atoms with van der Waals surface area (Å²) in [4.78, 5) is 38.6. The highest BCUT2D eigenvalue weighted by Gasteiger charge is 2.36. The zero-order chi connectivity index (χ0) is 23.5. The molecule has 0 radical (unpaired) electrons. The minimum absolute atomic E-state index is 0.0232. The maximum Gasteiger partial charge on any atom is 0.338 e. The monoisotopic (exact) mass is 501 g/mol. The molecule has 1 aromatic heterocycles. The van der Waals surface area contributed by atoms with Crippen molar-refractivity contribution in [2.75, 3.05) is 6.61 Å². The van der Waals surface area contributed by atoms with Gasteiger partial charge in [-0.1, -0.05) is 41.4 Å². The average Bonchev–Trinajstić information content (AvgIpc) is 3.36. The Bertz CT molecular complexity index is 1260. The van der Waals surface area contributed by atoms with Crippen LogP contribution in [0.4, 0.5) is 4.79 Å². The molecule has 33 heavy (non-hydrogen) atoms. The van der Waals surface area contributed by atoms with Crippen LogP contribution in [0.5, 0.6) is 0 Å². The Morgan fingerprint density at radius 1 is 1.09 bits per heavy atom. The summed E-state index contributed by atoms with van der Waals surface area (Å²) in [5, 5.41) is 0.341. The van der Waals surface area contributed by atoms with Gasteiger partial charge in [-0.25, -0.2) is 4.79 Å². The Hall–Kier alpha value is -3.00. The highest BCUT2D eigenvalue weighted by molar-refractivity contribution is 8.18. The molecule has 4 rings (SSSR count). The molecule has 1 aliphatic rings. The SMILES string of the molecule is CCOC(=O)c1cccc(-c2ccc(/C=C3\SC(=O)N(Cc4c(Cl)cccc4Cl)C3=O)o2)c1. The van der Waals surface area contributed by atoms with E-state index in [0.29, 0.717) is 38.3 Å². The molecule has 0 saturated carbocycles. The van der Waals surface area contributed by atoms with E-state index in [1.807, 2.05) is 0 Å². The predicted octanol–water partition coefficient (Wildman–Crippen LogP) is 6.67. The van der Waals surface area contributed by atoms with E-state index < -0.39 is 17.1 Å². The van der Waals surface area contributed by atoms with Gasteiger partial charge in [-0.3, -0.25) is 14.5 Å². The number of nitrogens with zero attached hydrogens (tertiary/aromatic N) is 1. The third kappa shape index (κ3) is 5.00. The van der Waals surface area contributed by atoms with Crippen LogP contribution in [0.3, 0.4) is 0 Å². The van der Waals surface area contributed by atoms with Gasteiger partial charge in [0.1, 0.15) is 11.5 Å². The van der Waals surface area contributed by atoms with Crippen molar-refractivity contribution in [3.63, 3.8) is 0 Å². The Labute approximate surface area is 204 Å². The lowest BCUT2D eigenvalue weighted by Gasteiger charge is -2.14. The maximum atomic E-state index is 12.8. The first-order valence-electron chi connectivity index (χ1n) is 9.93. The van der Waals surface area contributed by atoms with Gasteiger partial charge in [0.05, 0.1) is 23.6 Å². The summed E-state index contributed by atoms with van der Waals surface area (Å²) < 4.78 is 10.9. The van der Waals surface area contributed by atoms with Gasteiger partial charge in [-0.05, 0) is 55.1 Å². The van der Waals surface area contributed by atoms with Crippen LogP contribution in [0.25, 0.3) is 17.4 Å². The summed E-state index contributed by atoms with van der Waals surface area (Å²) in [6, 6.07) is 15.3. The molecule has 3 aromatic rings. The van der Waals surface area contributed by atoms with E-state index in [0.717, 1.165) is 16.7 Å². The second-order valence-corrected chi connectivity index (χ2v) is 8.78. The Morgan fingerprint density at radius 2 is 1.82 bits per heavy atom. The fourth-order valence-corrected chi connectivity index (χ4v) is 4.54. The zero-order valence-electron chi connectivity index (χ0n) is 17.3. The van der Waals surface area contributed by atoms with Gasteiger partial charge < -0.3 is 9.15 Å². The van der Waals surface area contributed by atoms with E-state index in [4.69, 9.17) is 32.4 Å². The van der Waals surface area contributed by atoms with Crippen LogP contribution in [-0.2, 0) is 16.1 Å². The van der Waals surface area contributed by atoms with Crippen molar-refractivity contribution in [1.29, 1.82) is 0 Å². The number of carbonyl (C=O) groups is 3. The van der Waals surface area contributed by atoms with Gasteiger partial charge in [0.2, 0.25) is 0 Å². The number of ether oxygens (including phenoxy) is 1. The van der Waals surface area contributed by atoms with Crippen LogP contribution >= 0.6 is 35.0 Å². The first-order valence-corrected chi connectivity index (χ1v) is 11.5. The fourth-order valence-electron chi connectivity index (χ4n) is 3.21. The average molecular weight is 502 g/mol. The zero-order valence-corrected chi connectivity index (χ0v) is 19.7. The van der Waals surface area contributed by atoms with E-state index in [2.05, 4.69) is 0 Å². The van der Waals surface area contributed by atoms with Crippen LogP contribution in [0, 0.1) is 0 Å². The number of hydrogen-bond donors (Lipinski definition) is 0. The summed E-state index contributed by atoms with van der Waals surface area (Å²) in [5.41, 5.74) is 1.60. The van der Waals surface area contributed by atoms with Crippen LogP contribution in [0.2, 0.25) is 10.0 Å². The van der Waals surface area contributed by atoms with Crippen molar-refractivity contribution in [2.45, 2.75) is 13.5 Å². The Morgan fingerprint density at radius 3 is 2.55 bits per heavy atom. The summed E-state index contributed by atoms with van der Waals surface area (Å²) in [6.45, 7) is 2.00. The molecule has 0 unspecified atom stereocenters. The second-order valence-electron chi connectivity index (χ2n) is 6.97. The number of imide groups is 1. The summed E-state index contributed by atoms with van der Waals surface area (Å²) in [7, 11) is 0. The molecule has 1 saturated heterocycles. The lowest BCUT2D eigenvalue weighted by atomic mass is 10.1. The molecule has 0 aliphatic carbocycles. The van der Waals surface area contributed by atoms with Gasteiger partial charge in [-0.15, -0.1) is 0 Å². The number of carbonyl (C=O) groups excluding carboxylic acids is 3. The molecule has 0 spiro atoms. The lowest BCUT2D eigenvalue weighted by molar-refractivity contribution is -0.123. The van der Waals surface area contributed by atoms with E-state index in [9.17, 15) is 14.4 Å². The molecule has 168 valence electrons. The van der Waals surface area contributed by atoms with Crippen LogP contribution in [-0.4, -0.2) is 28.6 Å². The first-order chi connectivity index (χ1) is 15.9. The summed E-state index contributed by atoms with van der Waals surface area (Å²) >= 11 is 13.2. The van der Waals surface area contributed by atoms with Crippen molar-refractivity contribution in [3.05, 3.63) is 86.4 Å². The quantitative estimate of drug-likeness (QED) is 0.277. The molecule has 2 amide bonds. The van der Waals surface area contributed by atoms with Crippen molar-refractivity contribution < 1.29 is 23.5 Å². The van der Waals surface area contributed by atoms with Gasteiger partial charge in [0.15, 0.2) is 0 Å². The standard InChI is InChI=1S/C24H17Cl2NO5S/c1-2-31-23(29)15-6-3-5-14(11-15)20-10-9-16(32-20)12-21-22(28)27(24(30)33-21)13-17-18(25)7-4-8-19(17)26/h3-12H,2,13H2,1H3/b21-12-. The lowest BCUT2D eigenvalue weighted by Crippen LogP contribution is -2.27. The molecule has 0 bridgehead atoms.